The summed E-state index contributed by atoms with van der Waals surface area (Å²) in [6.07, 6.45) is 1.65. The van der Waals surface area contributed by atoms with Crippen LogP contribution in [0.1, 0.15) is 21.8 Å². The van der Waals surface area contributed by atoms with Crippen LogP contribution in [0.2, 0.25) is 0 Å². The predicted molar refractivity (Wildman–Crippen MR) is 97.8 cm³/mol. The van der Waals surface area contributed by atoms with E-state index in [-0.39, 0.29) is 12.5 Å². The van der Waals surface area contributed by atoms with Crippen LogP contribution < -0.4 is 10.1 Å². The molecule has 0 aliphatic rings. The van der Waals surface area contributed by atoms with E-state index < -0.39 is 0 Å². The number of benzene rings is 2. The number of hydrogen-bond acceptors (Lipinski definition) is 5. The van der Waals surface area contributed by atoms with Crippen LogP contribution in [0.4, 0.5) is 0 Å². The van der Waals surface area contributed by atoms with Gasteiger partial charge in [-0.25, -0.2) is 0 Å². The van der Waals surface area contributed by atoms with Crippen molar-refractivity contribution in [2.75, 3.05) is 6.61 Å². The second-order valence-electron chi connectivity index (χ2n) is 5.69. The van der Waals surface area contributed by atoms with Gasteiger partial charge in [0.1, 0.15) is 12.4 Å². The molecule has 132 valence electrons. The van der Waals surface area contributed by atoms with Crippen LogP contribution in [0.25, 0.3) is 11.4 Å². The first-order chi connectivity index (χ1) is 12.7. The van der Waals surface area contributed by atoms with E-state index in [0.717, 1.165) is 11.1 Å². The van der Waals surface area contributed by atoms with Crippen LogP contribution in [0.5, 0.6) is 5.75 Å². The minimum absolute atomic E-state index is 0.148. The van der Waals surface area contributed by atoms with Crippen molar-refractivity contribution in [2.45, 2.75) is 13.5 Å². The molecule has 26 heavy (non-hydrogen) atoms. The maximum atomic E-state index is 12.3. The van der Waals surface area contributed by atoms with Crippen molar-refractivity contribution >= 4 is 5.91 Å². The van der Waals surface area contributed by atoms with Gasteiger partial charge in [0, 0.05) is 11.1 Å². The first kappa shape index (κ1) is 17.4. The number of aromatic nitrogens is 2. The van der Waals surface area contributed by atoms with Gasteiger partial charge in [-0.1, -0.05) is 47.6 Å². The van der Waals surface area contributed by atoms with Gasteiger partial charge >= 0.3 is 0 Å². The second-order valence-corrected chi connectivity index (χ2v) is 5.69. The van der Waals surface area contributed by atoms with Gasteiger partial charge in [0.2, 0.25) is 11.7 Å². The zero-order valence-electron chi connectivity index (χ0n) is 14.4. The van der Waals surface area contributed by atoms with E-state index in [2.05, 4.69) is 22.0 Å². The lowest BCUT2D eigenvalue weighted by Crippen LogP contribution is -2.22. The zero-order chi connectivity index (χ0) is 18.4. The normalized spacial score (nSPS) is 10.3. The summed E-state index contributed by atoms with van der Waals surface area (Å²) in [5.41, 5.74) is 2.48. The molecule has 1 N–H and O–H groups in total. The largest absolute Gasteiger partial charge is 0.490 e. The highest BCUT2D eigenvalue weighted by atomic mass is 16.5. The number of nitrogens with one attached hydrogen (secondary N) is 1. The molecule has 0 saturated heterocycles. The third kappa shape index (κ3) is 4.36. The third-order valence-electron chi connectivity index (χ3n) is 3.61. The summed E-state index contributed by atoms with van der Waals surface area (Å²) in [5.74, 6) is 1.20. The van der Waals surface area contributed by atoms with E-state index in [9.17, 15) is 4.79 Å². The predicted octanol–water partition coefficient (Wildman–Crippen LogP) is 3.54. The van der Waals surface area contributed by atoms with Crippen LogP contribution >= 0.6 is 0 Å². The number of nitrogens with zero attached hydrogens (tertiary/aromatic N) is 2. The Morgan fingerprint density at radius 2 is 2.12 bits per heavy atom. The average Bonchev–Trinajstić information content (AvgIpc) is 3.14. The molecule has 2 aromatic carbocycles. The fraction of sp³-hybridized carbons (Fsp3) is 0.150. The molecule has 0 aliphatic carbocycles. The van der Waals surface area contributed by atoms with Crippen LogP contribution in [0.3, 0.4) is 0 Å². The second kappa shape index (κ2) is 8.11. The van der Waals surface area contributed by atoms with Gasteiger partial charge < -0.3 is 14.6 Å². The summed E-state index contributed by atoms with van der Waals surface area (Å²) in [6, 6.07) is 14.7. The van der Waals surface area contributed by atoms with Gasteiger partial charge in [-0.2, -0.15) is 4.98 Å². The Hall–Kier alpha value is -3.41. The molecule has 0 radical (unpaired) electrons. The number of carbonyl (C=O) groups is 1. The van der Waals surface area contributed by atoms with Gasteiger partial charge in [0.15, 0.2) is 0 Å². The number of carbonyl (C=O) groups excluding carboxylic acids is 1. The lowest BCUT2D eigenvalue weighted by molar-refractivity contribution is 0.0946. The lowest BCUT2D eigenvalue weighted by Gasteiger charge is -2.06. The van der Waals surface area contributed by atoms with Crippen LogP contribution in [-0.2, 0) is 6.54 Å². The fourth-order valence-corrected chi connectivity index (χ4v) is 2.37. The first-order valence-corrected chi connectivity index (χ1v) is 8.17. The number of aryl methyl sites for hydroxylation is 1. The molecule has 3 aromatic rings. The van der Waals surface area contributed by atoms with Gasteiger partial charge in [-0.3, -0.25) is 4.79 Å². The molecule has 6 heteroatoms. The summed E-state index contributed by atoms with van der Waals surface area (Å²) in [7, 11) is 0. The molecule has 1 heterocycles. The Bertz CT molecular complexity index is 918. The molecular formula is C20H19N3O3. The van der Waals surface area contributed by atoms with Gasteiger partial charge in [0.05, 0.1) is 6.54 Å². The van der Waals surface area contributed by atoms with Crippen molar-refractivity contribution in [1.82, 2.24) is 15.5 Å². The molecule has 0 aliphatic heterocycles. The van der Waals surface area contributed by atoms with Crippen LogP contribution in [0, 0.1) is 6.92 Å². The van der Waals surface area contributed by atoms with Crippen molar-refractivity contribution in [1.29, 1.82) is 0 Å². The molecule has 0 bridgehead atoms. The molecule has 3 rings (SSSR count). The number of amides is 1. The molecule has 1 amide bonds. The Balaban J connectivity index is 1.62. The van der Waals surface area contributed by atoms with Crippen molar-refractivity contribution < 1.29 is 14.1 Å². The van der Waals surface area contributed by atoms with Crippen LogP contribution in [-0.4, -0.2) is 22.7 Å². The van der Waals surface area contributed by atoms with E-state index in [1.807, 2.05) is 31.2 Å². The Morgan fingerprint density at radius 3 is 2.92 bits per heavy atom. The van der Waals surface area contributed by atoms with E-state index in [1.54, 1.807) is 30.3 Å². The van der Waals surface area contributed by atoms with E-state index in [0.29, 0.717) is 29.6 Å². The van der Waals surface area contributed by atoms with Crippen molar-refractivity contribution in [2.24, 2.45) is 0 Å². The monoisotopic (exact) mass is 349 g/mol. The molecule has 0 atom stereocenters. The van der Waals surface area contributed by atoms with E-state index in [4.69, 9.17) is 9.26 Å². The standard InChI is InChI=1S/C20H19N3O3/c1-3-10-25-17-9-5-8-16(12-17)20(24)21-13-18-22-19(23-26-18)15-7-4-6-14(2)11-15/h3-9,11-12H,1,10,13H2,2H3,(H,21,24). The SMILES string of the molecule is C=CCOc1cccc(C(=O)NCc2nc(-c3cccc(C)c3)no2)c1. The highest BCUT2D eigenvalue weighted by molar-refractivity contribution is 5.94. The van der Waals surface area contributed by atoms with Gasteiger partial charge in [-0.15, -0.1) is 0 Å². The van der Waals surface area contributed by atoms with Crippen molar-refractivity contribution in [3.05, 3.63) is 78.2 Å². The van der Waals surface area contributed by atoms with E-state index in [1.165, 1.54) is 0 Å². The number of hydrogen-bond donors (Lipinski definition) is 1. The quantitative estimate of drug-likeness (QED) is 0.660. The van der Waals surface area contributed by atoms with Gasteiger partial charge in [0.25, 0.3) is 5.91 Å². The summed E-state index contributed by atoms with van der Waals surface area (Å²) in [4.78, 5) is 16.6. The molecule has 0 spiro atoms. The summed E-state index contributed by atoms with van der Waals surface area (Å²) in [6.45, 7) is 6.13. The molecule has 6 nitrogen and oxygen atoms in total. The lowest BCUT2D eigenvalue weighted by atomic mass is 10.1. The zero-order valence-corrected chi connectivity index (χ0v) is 14.4. The maximum Gasteiger partial charge on any atom is 0.251 e. The topological polar surface area (TPSA) is 77.2 Å². The third-order valence-corrected chi connectivity index (χ3v) is 3.61. The fourth-order valence-electron chi connectivity index (χ4n) is 2.37. The summed E-state index contributed by atoms with van der Waals surface area (Å²) in [5, 5.41) is 6.72. The average molecular weight is 349 g/mol. The molecule has 1 aromatic heterocycles. The van der Waals surface area contributed by atoms with E-state index >= 15 is 0 Å². The smallest absolute Gasteiger partial charge is 0.251 e. The highest BCUT2D eigenvalue weighted by Crippen LogP contribution is 2.17. The Labute approximate surface area is 151 Å². The van der Waals surface area contributed by atoms with Gasteiger partial charge in [-0.05, 0) is 31.2 Å². The molecule has 0 fully saturated rings. The minimum Gasteiger partial charge on any atom is -0.490 e. The summed E-state index contributed by atoms with van der Waals surface area (Å²) < 4.78 is 10.6. The van der Waals surface area contributed by atoms with Crippen molar-refractivity contribution in [3.8, 4) is 17.1 Å². The molecule has 0 saturated carbocycles. The van der Waals surface area contributed by atoms with Crippen LogP contribution in [0.15, 0.2) is 65.7 Å². The molecular weight excluding hydrogens is 330 g/mol. The number of ether oxygens (including phenoxy) is 1. The Kier molecular flexibility index (Phi) is 5.43. The highest BCUT2D eigenvalue weighted by Gasteiger charge is 2.11. The van der Waals surface area contributed by atoms with Crippen molar-refractivity contribution in [3.63, 3.8) is 0 Å². The minimum atomic E-state index is -0.246. The maximum absolute atomic E-state index is 12.3. The molecule has 0 unspecified atom stereocenters. The first-order valence-electron chi connectivity index (χ1n) is 8.17. The number of rotatable bonds is 7. The summed E-state index contributed by atoms with van der Waals surface area (Å²) >= 11 is 0. The Morgan fingerprint density at radius 1 is 1.27 bits per heavy atom.